The summed E-state index contributed by atoms with van der Waals surface area (Å²) < 4.78 is 0. The fraction of sp³-hybridized carbons (Fsp3) is 0.667. The predicted octanol–water partition coefficient (Wildman–Crippen LogP) is 3.76. The first-order chi connectivity index (χ1) is 10.3. The van der Waals surface area contributed by atoms with Crippen molar-refractivity contribution in [3.63, 3.8) is 0 Å². The van der Waals surface area contributed by atoms with Crippen molar-refractivity contribution in [3.8, 4) is 0 Å². The average Bonchev–Trinajstić information content (AvgIpc) is 3.07. The number of amides is 1. The Labute approximate surface area is 127 Å². The Morgan fingerprint density at radius 1 is 1.10 bits per heavy atom. The van der Waals surface area contributed by atoms with E-state index in [-0.39, 0.29) is 0 Å². The summed E-state index contributed by atoms with van der Waals surface area (Å²) in [6.45, 7) is 1.85. The lowest BCUT2D eigenvalue weighted by Crippen LogP contribution is -2.37. The maximum Gasteiger partial charge on any atom is 0.222 e. The second kappa shape index (κ2) is 7.06. The van der Waals surface area contributed by atoms with Crippen LogP contribution in [0.25, 0.3) is 0 Å². The molecule has 0 spiro atoms. The van der Waals surface area contributed by atoms with Gasteiger partial charge in [-0.2, -0.15) is 0 Å². The molecule has 1 amide bonds. The predicted molar refractivity (Wildman–Crippen MR) is 84.0 cm³/mol. The molecule has 114 valence electrons. The zero-order valence-corrected chi connectivity index (χ0v) is 12.8. The van der Waals surface area contributed by atoms with Crippen LogP contribution in [0.2, 0.25) is 0 Å². The third-order valence-electron chi connectivity index (χ3n) is 5.27. The number of pyridine rings is 1. The van der Waals surface area contributed by atoms with Crippen LogP contribution >= 0.6 is 0 Å². The van der Waals surface area contributed by atoms with Gasteiger partial charge in [0.25, 0.3) is 0 Å². The maximum absolute atomic E-state index is 12.3. The van der Waals surface area contributed by atoms with Crippen LogP contribution in [0.4, 0.5) is 0 Å². The molecule has 0 radical (unpaired) electrons. The lowest BCUT2D eigenvalue weighted by atomic mass is 9.90. The largest absolute Gasteiger partial charge is 0.343 e. The molecule has 3 rings (SSSR count). The molecule has 0 bridgehead atoms. The third-order valence-corrected chi connectivity index (χ3v) is 5.27. The van der Waals surface area contributed by atoms with Crippen molar-refractivity contribution < 1.29 is 4.79 Å². The zero-order valence-electron chi connectivity index (χ0n) is 12.8. The molecule has 2 heterocycles. The van der Waals surface area contributed by atoms with E-state index < -0.39 is 0 Å². The minimum absolute atomic E-state index is 0.384. The van der Waals surface area contributed by atoms with Gasteiger partial charge in [-0.3, -0.25) is 9.78 Å². The summed E-state index contributed by atoms with van der Waals surface area (Å²) in [6.07, 6.45) is 13.2. The summed E-state index contributed by atoms with van der Waals surface area (Å²) in [5.41, 5.74) is 1.38. The van der Waals surface area contributed by atoms with E-state index in [1.807, 2.05) is 12.4 Å². The van der Waals surface area contributed by atoms with Gasteiger partial charge in [-0.1, -0.05) is 25.7 Å². The summed E-state index contributed by atoms with van der Waals surface area (Å²) in [7, 11) is 0. The SMILES string of the molecule is O=C(CCC1CCCC1)N1CCC(c2ccncc2)CC1. The van der Waals surface area contributed by atoms with E-state index in [1.165, 1.54) is 31.2 Å². The van der Waals surface area contributed by atoms with Gasteiger partial charge in [0.15, 0.2) is 0 Å². The van der Waals surface area contributed by atoms with Crippen LogP contribution in [0, 0.1) is 5.92 Å². The van der Waals surface area contributed by atoms with Crippen molar-refractivity contribution in [1.82, 2.24) is 9.88 Å². The Morgan fingerprint density at radius 2 is 1.76 bits per heavy atom. The first kappa shape index (κ1) is 14.6. The van der Waals surface area contributed by atoms with E-state index in [0.29, 0.717) is 11.8 Å². The highest BCUT2D eigenvalue weighted by Gasteiger charge is 2.24. The van der Waals surface area contributed by atoms with Crippen molar-refractivity contribution in [1.29, 1.82) is 0 Å². The number of piperidine rings is 1. The van der Waals surface area contributed by atoms with E-state index >= 15 is 0 Å². The number of hydrogen-bond acceptors (Lipinski definition) is 2. The van der Waals surface area contributed by atoms with E-state index in [0.717, 1.165) is 44.7 Å². The summed E-state index contributed by atoms with van der Waals surface area (Å²) >= 11 is 0. The molecular formula is C18H26N2O. The molecule has 1 aromatic heterocycles. The van der Waals surface area contributed by atoms with E-state index in [2.05, 4.69) is 22.0 Å². The lowest BCUT2D eigenvalue weighted by molar-refractivity contribution is -0.132. The molecule has 1 aliphatic carbocycles. The normalized spacial score (nSPS) is 20.9. The molecular weight excluding hydrogens is 260 g/mol. The molecule has 1 saturated carbocycles. The van der Waals surface area contributed by atoms with Crippen LogP contribution in [0.15, 0.2) is 24.5 Å². The van der Waals surface area contributed by atoms with Gasteiger partial charge in [0.1, 0.15) is 0 Å². The molecule has 2 aliphatic rings. The van der Waals surface area contributed by atoms with Gasteiger partial charge in [0.2, 0.25) is 5.91 Å². The molecule has 21 heavy (non-hydrogen) atoms. The van der Waals surface area contributed by atoms with Crippen LogP contribution in [-0.2, 0) is 4.79 Å². The first-order valence-electron chi connectivity index (χ1n) is 8.50. The van der Waals surface area contributed by atoms with Gasteiger partial charge in [-0.25, -0.2) is 0 Å². The number of likely N-dealkylation sites (tertiary alicyclic amines) is 1. The number of aromatic nitrogens is 1. The molecule has 1 aliphatic heterocycles. The fourth-order valence-corrected chi connectivity index (χ4v) is 3.88. The van der Waals surface area contributed by atoms with Crippen molar-refractivity contribution in [2.45, 2.75) is 57.3 Å². The van der Waals surface area contributed by atoms with E-state index in [4.69, 9.17) is 0 Å². The summed E-state index contributed by atoms with van der Waals surface area (Å²) in [4.78, 5) is 18.5. The Kier molecular flexibility index (Phi) is 4.89. The molecule has 0 unspecified atom stereocenters. The lowest BCUT2D eigenvalue weighted by Gasteiger charge is -2.32. The Morgan fingerprint density at radius 3 is 2.43 bits per heavy atom. The fourth-order valence-electron chi connectivity index (χ4n) is 3.88. The monoisotopic (exact) mass is 286 g/mol. The minimum atomic E-state index is 0.384. The van der Waals surface area contributed by atoms with E-state index in [1.54, 1.807) is 0 Å². The highest BCUT2D eigenvalue weighted by atomic mass is 16.2. The molecule has 2 fully saturated rings. The second-order valence-electron chi connectivity index (χ2n) is 6.62. The van der Waals surface area contributed by atoms with Gasteiger partial charge < -0.3 is 4.90 Å². The number of hydrogen-bond donors (Lipinski definition) is 0. The first-order valence-corrected chi connectivity index (χ1v) is 8.50. The number of carbonyl (C=O) groups excluding carboxylic acids is 1. The minimum Gasteiger partial charge on any atom is -0.343 e. The van der Waals surface area contributed by atoms with Crippen molar-refractivity contribution in [3.05, 3.63) is 30.1 Å². The van der Waals surface area contributed by atoms with Crippen LogP contribution < -0.4 is 0 Å². The van der Waals surface area contributed by atoms with Crippen molar-refractivity contribution >= 4 is 5.91 Å². The standard InChI is InChI=1S/C18H26N2O/c21-18(6-5-15-3-1-2-4-15)20-13-9-17(10-14-20)16-7-11-19-12-8-16/h7-8,11-12,15,17H,1-6,9-10,13-14H2. The van der Waals surface area contributed by atoms with Gasteiger partial charge in [0, 0.05) is 31.9 Å². The Balaban J connectivity index is 1.43. The zero-order chi connectivity index (χ0) is 14.5. The quantitative estimate of drug-likeness (QED) is 0.844. The molecule has 3 nitrogen and oxygen atoms in total. The van der Waals surface area contributed by atoms with Crippen molar-refractivity contribution in [2.24, 2.45) is 5.92 Å². The average molecular weight is 286 g/mol. The van der Waals surface area contributed by atoms with Crippen LogP contribution in [-0.4, -0.2) is 28.9 Å². The molecule has 3 heteroatoms. The highest BCUT2D eigenvalue weighted by molar-refractivity contribution is 5.76. The topological polar surface area (TPSA) is 33.2 Å². The Bertz CT molecular complexity index is 446. The van der Waals surface area contributed by atoms with Crippen LogP contribution in [0.3, 0.4) is 0 Å². The second-order valence-corrected chi connectivity index (χ2v) is 6.62. The molecule has 0 N–H and O–H groups in total. The number of carbonyl (C=O) groups is 1. The summed E-state index contributed by atoms with van der Waals surface area (Å²) in [5, 5.41) is 0. The van der Waals surface area contributed by atoms with E-state index in [9.17, 15) is 4.79 Å². The summed E-state index contributed by atoms with van der Waals surface area (Å²) in [5.74, 6) is 1.81. The summed E-state index contributed by atoms with van der Waals surface area (Å²) in [6, 6.07) is 4.23. The van der Waals surface area contributed by atoms with Crippen molar-refractivity contribution in [2.75, 3.05) is 13.1 Å². The maximum atomic E-state index is 12.3. The van der Waals surface area contributed by atoms with Gasteiger partial charge >= 0.3 is 0 Å². The Hall–Kier alpha value is -1.38. The number of nitrogens with zero attached hydrogens (tertiary/aromatic N) is 2. The molecule has 0 atom stereocenters. The third kappa shape index (κ3) is 3.84. The van der Waals surface area contributed by atoms with Gasteiger partial charge in [-0.15, -0.1) is 0 Å². The molecule has 1 aromatic rings. The number of rotatable bonds is 4. The van der Waals surface area contributed by atoms with Gasteiger partial charge in [0.05, 0.1) is 0 Å². The molecule has 1 saturated heterocycles. The van der Waals surface area contributed by atoms with Crippen LogP contribution in [0.1, 0.15) is 62.8 Å². The smallest absolute Gasteiger partial charge is 0.222 e. The van der Waals surface area contributed by atoms with Gasteiger partial charge in [-0.05, 0) is 48.8 Å². The van der Waals surface area contributed by atoms with Crippen LogP contribution in [0.5, 0.6) is 0 Å². The highest BCUT2D eigenvalue weighted by Crippen LogP contribution is 2.30. The molecule has 0 aromatic carbocycles.